The monoisotopic (exact) mass is 251 g/mol. The van der Waals surface area contributed by atoms with Crippen LogP contribution in [0.1, 0.15) is 30.3 Å². The fourth-order valence-corrected chi connectivity index (χ4v) is 1.77. The Labute approximate surface area is 106 Å². The van der Waals surface area contributed by atoms with Gasteiger partial charge in [0.1, 0.15) is 12.2 Å². The first-order valence-electron chi connectivity index (χ1n) is 6.08. The molecule has 1 aromatic heterocycles. The number of amides is 1. The van der Waals surface area contributed by atoms with Gasteiger partial charge in [0, 0.05) is 19.3 Å². The lowest BCUT2D eigenvalue weighted by Gasteiger charge is -2.20. The van der Waals surface area contributed by atoms with E-state index < -0.39 is 0 Å². The largest absolute Gasteiger partial charge is 0.465 e. The van der Waals surface area contributed by atoms with Crippen LogP contribution in [-0.4, -0.2) is 45.8 Å². The molecular formula is C12H17N3O3. The van der Waals surface area contributed by atoms with E-state index in [0.29, 0.717) is 12.3 Å². The standard InChI is InChI=1S/C12H17N3O3/c1-3-18-11(16)8-15(9-4-5-9)12(17)10-6-7-14(2)13-10/h6-7,9H,3-5,8H2,1-2H3. The van der Waals surface area contributed by atoms with E-state index in [1.54, 1.807) is 35.8 Å². The third-order valence-corrected chi connectivity index (χ3v) is 2.79. The van der Waals surface area contributed by atoms with Crippen LogP contribution in [0.4, 0.5) is 0 Å². The normalized spacial score (nSPS) is 14.3. The molecule has 1 heterocycles. The molecule has 2 rings (SSSR count). The van der Waals surface area contributed by atoms with Crippen molar-refractivity contribution in [3.05, 3.63) is 18.0 Å². The SMILES string of the molecule is CCOC(=O)CN(C(=O)c1ccn(C)n1)C1CC1. The predicted octanol–water partition coefficient (Wildman–Crippen LogP) is 0.588. The number of rotatable bonds is 5. The molecule has 1 aliphatic carbocycles. The van der Waals surface area contributed by atoms with Crippen molar-refractivity contribution in [1.82, 2.24) is 14.7 Å². The van der Waals surface area contributed by atoms with Crippen LogP contribution < -0.4 is 0 Å². The second kappa shape index (κ2) is 5.20. The Morgan fingerprint density at radius 1 is 1.56 bits per heavy atom. The van der Waals surface area contributed by atoms with Gasteiger partial charge in [0.25, 0.3) is 5.91 Å². The minimum Gasteiger partial charge on any atom is -0.465 e. The fourth-order valence-electron chi connectivity index (χ4n) is 1.77. The smallest absolute Gasteiger partial charge is 0.325 e. The number of esters is 1. The van der Waals surface area contributed by atoms with Gasteiger partial charge < -0.3 is 9.64 Å². The van der Waals surface area contributed by atoms with Gasteiger partial charge in [0.15, 0.2) is 0 Å². The van der Waals surface area contributed by atoms with Crippen LogP contribution in [0.3, 0.4) is 0 Å². The molecular weight excluding hydrogens is 234 g/mol. The van der Waals surface area contributed by atoms with Gasteiger partial charge in [-0.25, -0.2) is 0 Å². The fraction of sp³-hybridized carbons (Fsp3) is 0.583. The van der Waals surface area contributed by atoms with E-state index in [1.165, 1.54) is 0 Å². The van der Waals surface area contributed by atoms with E-state index in [9.17, 15) is 9.59 Å². The molecule has 1 fully saturated rings. The maximum absolute atomic E-state index is 12.2. The Balaban J connectivity index is 2.05. The Morgan fingerprint density at radius 2 is 2.28 bits per heavy atom. The molecule has 0 aliphatic heterocycles. The van der Waals surface area contributed by atoms with Crippen molar-refractivity contribution in [3.8, 4) is 0 Å². The third kappa shape index (κ3) is 2.88. The molecule has 18 heavy (non-hydrogen) atoms. The number of hydrogen-bond acceptors (Lipinski definition) is 4. The van der Waals surface area contributed by atoms with Gasteiger partial charge in [-0.05, 0) is 25.8 Å². The number of carbonyl (C=O) groups is 2. The first-order chi connectivity index (χ1) is 8.61. The highest BCUT2D eigenvalue weighted by molar-refractivity contribution is 5.94. The summed E-state index contributed by atoms with van der Waals surface area (Å²) in [7, 11) is 1.75. The van der Waals surface area contributed by atoms with Gasteiger partial charge >= 0.3 is 5.97 Å². The summed E-state index contributed by atoms with van der Waals surface area (Å²) in [6.07, 6.45) is 3.60. The van der Waals surface area contributed by atoms with Crippen LogP contribution in [0, 0.1) is 0 Å². The molecule has 6 nitrogen and oxygen atoms in total. The maximum Gasteiger partial charge on any atom is 0.325 e. The molecule has 0 unspecified atom stereocenters. The molecule has 1 aliphatic rings. The Kier molecular flexibility index (Phi) is 3.64. The topological polar surface area (TPSA) is 64.4 Å². The van der Waals surface area contributed by atoms with Crippen molar-refractivity contribution in [2.45, 2.75) is 25.8 Å². The Bertz CT molecular complexity index is 451. The maximum atomic E-state index is 12.2. The molecule has 1 aromatic rings. The minimum atomic E-state index is -0.367. The number of aromatic nitrogens is 2. The van der Waals surface area contributed by atoms with Crippen LogP contribution in [0.2, 0.25) is 0 Å². The van der Waals surface area contributed by atoms with Crippen molar-refractivity contribution in [2.75, 3.05) is 13.2 Å². The molecule has 0 spiro atoms. The Hall–Kier alpha value is -1.85. The Morgan fingerprint density at radius 3 is 2.78 bits per heavy atom. The minimum absolute atomic E-state index is 0.00785. The van der Waals surface area contributed by atoms with Gasteiger partial charge in [0.2, 0.25) is 0 Å². The second-order valence-electron chi connectivity index (χ2n) is 4.34. The lowest BCUT2D eigenvalue weighted by Crippen LogP contribution is -2.38. The second-order valence-corrected chi connectivity index (χ2v) is 4.34. The summed E-state index contributed by atoms with van der Waals surface area (Å²) in [5.74, 6) is -0.570. The molecule has 98 valence electrons. The van der Waals surface area contributed by atoms with Gasteiger partial charge in [-0.1, -0.05) is 0 Å². The van der Waals surface area contributed by atoms with E-state index in [1.807, 2.05) is 0 Å². The van der Waals surface area contributed by atoms with E-state index in [0.717, 1.165) is 12.8 Å². The molecule has 0 radical (unpaired) electrons. The number of hydrogen-bond donors (Lipinski definition) is 0. The van der Waals surface area contributed by atoms with E-state index in [4.69, 9.17) is 4.74 Å². The van der Waals surface area contributed by atoms with Gasteiger partial charge in [-0.3, -0.25) is 14.3 Å². The molecule has 0 aromatic carbocycles. The van der Waals surface area contributed by atoms with Crippen molar-refractivity contribution in [1.29, 1.82) is 0 Å². The van der Waals surface area contributed by atoms with Crippen molar-refractivity contribution in [2.24, 2.45) is 7.05 Å². The summed E-state index contributed by atoms with van der Waals surface area (Å²) in [4.78, 5) is 25.3. The number of aryl methyl sites for hydroxylation is 1. The molecule has 1 amide bonds. The van der Waals surface area contributed by atoms with Crippen LogP contribution in [0.25, 0.3) is 0 Å². The van der Waals surface area contributed by atoms with Crippen molar-refractivity contribution >= 4 is 11.9 Å². The summed E-state index contributed by atoms with van der Waals surface area (Å²) >= 11 is 0. The van der Waals surface area contributed by atoms with Crippen LogP contribution >= 0.6 is 0 Å². The summed E-state index contributed by atoms with van der Waals surface area (Å²) in [5, 5.41) is 4.07. The zero-order valence-electron chi connectivity index (χ0n) is 10.6. The van der Waals surface area contributed by atoms with E-state index >= 15 is 0 Å². The quantitative estimate of drug-likeness (QED) is 0.718. The van der Waals surface area contributed by atoms with Crippen molar-refractivity contribution < 1.29 is 14.3 Å². The first-order valence-corrected chi connectivity index (χ1v) is 6.08. The highest BCUT2D eigenvalue weighted by atomic mass is 16.5. The number of nitrogens with zero attached hydrogens (tertiary/aromatic N) is 3. The highest BCUT2D eigenvalue weighted by Crippen LogP contribution is 2.27. The zero-order chi connectivity index (χ0) is 13.1. The highest BCUT2D eigenvalue weighted by Gasteiger charge is 2.35. The van der Waals surface area contributed by atoms with Crippen LogP contribution in [0.5, 0.6) is 0 Å². The lowest BCUT2D eigenvalue weighted by atomic mass is 10.3. The molecule has 0 bridgehead atoms. The molecule has 6 heteroatoms. The van der Waals surface area contributed by atoms with Crippen molar-refractivity contribution in [3.63, 3.8) is 0 Å². The first kappa shape index (κ1) is 12.6. The van der Waals surface area contributed by atoms with Gasteiger partial charge in [-0.2, -0.15) is 5.10 Å². The zero-order valence-corrected chi connectivity index (χ0v) is 10.6. The van der Waals surface area contributed by atoms with E-state index in [2.05, 4.69) is 5.10 Å². The summed E-state index contributed by atoms with van der Waals surface area (Å²) in [5.41, 5.74) is 0.369. The van der Waals surface area contributed by atoms with Crippen LogP contribution in [-0.2, 0) is 16.6 Å². The summed E-state index contributed by atoms with van der Waals surface area (Å²) < 4.78 is 6.46. The van der Waals surface area contributed by atoms with Gasteiger partial charge in [0.05, 0.1) is 6.61 Å². The summed E-state index contributed by atoms with van der Waals surface area (Å²) in [6.45, 7) is 2.09. The molecule has 1 saturated carbocycles. The number of carbonyl (C=O) groups excluding carboxylic acids is 2. The lowest BCUT2D eigenvalue weighted by molar-refractivity contribution is -0.144. The van der Waals surface area contributed by atoms with E-state index in [-0.39, 0.29) is 24.5 Å². The molecule has 0 saturated heterocycles. The molecule has 0 N–H and O–H groups in total. The third-order valence-electron chi connectivity index (χ3n) is 2.79. The predicted molar refractivity (Wildman–Crippen MR) is 63.9 cm³/mol. The average molecular weight is 251 g/mol. The average Bonchev–Trinajstić information content (AvgIpc) is 3.08. The number of ether oxygens (including phenoxy) is 1. The van der Waals surface area contributed by atoms with Gasteiger partial charge in [-0.15, -0.1) is 0 Å². The van der Waals surface area contributed by atoms with Crippen LogP contribution in [0.15, 0.2) is 12.3 Å². The molecule has 0 atom stereocenters. The summed E-state index contributed by atoms with van der Waals surface area (Å²) in [6, 6.07) is 1.81.